The highest BCUT2D eigenvalue weighted by Gasteiger charge is 2.48. The second-order valence-corrected chi connectivity index (χ2v) is 9.18. The van der Waals surface area contributed by atoms with Gasteiger partial charge in [-0.15, -0.1) is 0 Å². The molecule has 1 aromatic carbocycles. The zero-order chi connectivity index (χ0) is 27.7. The summed E-state index contributed by atoms with van der Waals surface area (Å²) in [5.74, 6) is -0.141. The van der Waals surface area contributed by atoms with Crippen LogP contribution >= 0.6 is 0 Å². The van der Waals surface area contributed by atoms with Gasteiger partial charge in [-0.2, -0.15) is 0 Å². The standard InChI is InChI=1S/C24H30O14/c1-9(25)5-14-17(27)19(29)21(31)23(37-14)34-8-15-18(28)20(30)22(32)24(38-15)36-13-7-11-10(6-12(13)33-2)3-4-16(26)35-11/h3-4,6-7,14-15,17-24,27-32H,5,8H2,1-2H3/t14-,15+,17-,18+,19-,20+,21-,22+,23+,24+/m0/s1. The zero-order valence-electron chi connectivity index (χ0n) is 20.4. The van der Waals surface area contributed by atoms with E-state index in [9.17, 15) is 40.2 Å². The Hall–Kier alpha value is -2.66. The number of rotatable bonds is 8. The number of carbonyl (C=O) groups is 1. The van der Waals surface area contributed by atoms with E-state index >= 15 is 0 Å². The maximum absolute atomic E-state index is 11.6. The molecular formula is C24H30O14. The summed E-state index contributed by atoms with van der Waals surface area (Å²) in [7, 11) is 1.36. The van der Waals surface area contributed by atoms with Gasteiger partial charge < -0.3 is 58.7 Å². The van der Waals surface area contributed by atoms with E-state index in [1.54, 1.807) is 0 Å². The Balaban J connectivity index is 1.49. The number of Topliss-reactive ketones (excluding diaryl/α,β-unsaturated/α-hetero) is 1. The first-order valence-corrected chi connectivity index (χ1v) is 11.8. The molecule has 0 bridgehead atoms. The van der Waals surface area contributed by atoms with Gasteiger partial charge in [-0.05, 0) is 19.1 Å². The number of hydrogen-bond acceptors (Lipinski definition) is 14. The molecule has 210 valence electrons. The maximum atomic E-state index is 11.6. The van der Waals surface area contributed by atoms with Crippen molar-refractivity contribution in [3.05, 3.63) is 34.7 Å². The molecule has 0 saturated carbocycles. The zero-order valence-corrected chi connectivity index (χ0v) is 20.4. The Morgan fingerprint density at radius 3 is 2.13 bits per heavy atom. The second-order valence-electron chi connectivity index (χ2n) is 9.18. The Kier molecular flexibility index (Phi) is 8.66. The van der Waals surface area contributed by atoms with E-state index in [2.05, 4.69) is 0 Å². The van der Waals surface area contributed by atoms with E-state index in [0.29, 0.717) is 5.39 Å². The van der Waals surface area contributed by atoms with Gasteiger partial charge in [0, 0.05) is 23.9 Å². The minimum atomic E-state index is -1.75. The van der Waals surface area contributed by atoms with Crippen LogP contribution in [0.25, 0.3) is 11.0 Å². The average Bonchev–Trinajstić information content (AvgIpc) is 2.88. The number of methoxy groups -OCH3 is 1. The molecule has 2 saturated heterocycles. The van der Waals surface area contributed by atoms with Crippen molar-refractivity contribution in [1.82, 2.24) is 0 Å². The molecule has 2 fully saturated rings. The van der Waals surface area contributed by atoms with Crippen LogP contribution in [0.1, 0.15) is 13.3 Å². The lowest BCUT2D eigenvalue weighted by atomic mass is 9.95. The normalized spacial score (nSPS) is 35.7. The largest absolute Gasteiger partial charge is 0.493 e. The van der Waals surface area contributed by atoms with E-state index in [-0.39, 0.29) is 29.3 Å². The molecule has 14 nitrogen and oxygen atoms in total. The summed E-state index contributed by atoms with van der Waals surface area (Å²) in [4.78, 5) is 23.1. The number of carbonyl (C=O) groups excluding carboxylic acids is 1. The quantitative estimate of drug-likeness (QED) is 0.195. The molecule has 10 atom stereocenters. The minimum absolute atomic E-state index is 0.00289. The molecule has 0 unspecified atom stereocenters. The fourth-order valence-electron chi connectivity index (χ4n) is 4.30. The van der Waals surface area contributed by atoms with Gasteiger partial charge in [-0.3, -0.25) is 4.79 Å². The van der Waals surface area contributed by atoms with Crippen LogP contribution < -0.4 is 15.1 Å². The fraction of sp³-hybridized carbons (Fsp3) is 0.583. The van der Waals surface area contributed by atoms with Crippen LogP contribution in [0.5, 0.6) is 11.5 Å². The second kappa shape index (κ2) is 11.6. The van der Waals surface area contributed by atoms with Gasteiger partial charge in [0.2, 0.25) is 6.29 Å². The van der Waals surface area contributed by atoms with Gasteiger partial charge in [-0.25, -0.2) is 4.79 Å². The Bertz CT molecular complexity index is 1180. The summed E-state index contributed by atoms with van der Waals surface area (Å²) in [6.45, 7) is 0.743. The van der Waals surface area contributed by atoms with Crippen LogP contribution in [0.2, 0.25) is 0 Å². The molecule has 0 spiro atoms. The molecule has 4 rings (SSSR count). The van der Waals surface area contributed by atoms with Crippen LogP contribution in [-0.2, 0) is 19.0 Å². The molecule has 6 N–H and O–H groups in total. The Morgan fingerprint density at radius 2 is 1.47 bits per heavy atom. The Labute approximate surface area is 215 Å². The number of hydrogen-bond donors (Lipinski definition) is 6. The molecule has 0 amide bonds. The number of aliphatic hydroxyl groups is 6. The van der Waals surface area contributed by atoms with Crippen molar-refractivity contribution < 1.29 is 63.5 Å². The molecular weight excluding hydrogens is 512 g/mol. The molecule has 2 aliphatic rings. The predicted octanol–water partition coefficient (Wildman–Crippen LogP) is -2.21. The van der Waals surface area contributed by atoms with Crippen molar-refractivity contribution in [3.63, 3.8) is 0 Å². The molecule has 14 heteroatoms. The molecule has 2 aliphatic heterocycles. The highest BCUT2D eigenvalue weighted by atomic mass is 16.7. The summed E-state index contributed by atoms with van der Waals surface area (Å²) in [5, 5.41) is 62.3. The van der Waals surface area contributed by atoms with Gasteiger partial charge in [0.05, 0.1) is 19.8 Å². The highest BCUT2D eigenvalue weighted by molar-refractivity contribution is 5.80. The van der Waals surface area contributed by atoms with Crippen LogP contribution in [0, 0.1) is 0 Å². The fourth-order valence-corrected chi connectivity index (χ4v) is 4.30. The van der Waals surface area contributed by atoms with Gasteiger partial charge >= 0.3 is 5.63 Å². The lowest BCUT2D eigenvalue weighted by Gasteiger charge is -2.42. The van der Waals surface area contributed by atoms with Crippen LogP contribution in [-0.4, -0.2) is 112 Å². The molecule has 3 heterocycles. The van der Waals surface area contributed by atoms with E-state index in [1.807, 2.05) is 0 Å². The Morgan fingerprint density at radius 1 is 0.842 bits per heavy atom. The first-order chi connectivity index (χ1) is 18.0. The number of ether oxygens (including phenoxy) is 5. The molecule has 38 heavy (non-hydrogen) atoms. The van der Waals surface area contributed by atoms with E-state index in [0.717, 1.165) is 0 Å². The number of aliphatic hydroxyl groups excluding tert-OH is 6. The molecule has 2 aromatic rings. The lowest BCUT2D eigenvalue weighted by molar-refractivity contribution is -0.320. The molecule has 0 aliphatic carbocycles. The SMILES string of the molecule is COc1cc2ccc(=O)oc2cc1O[C@@H]1O[C@H](CO[C@@H]2O[C@@H](CC(C)=O)[C@H](O)[C@H](O)[C@@H]2O)[C@@H](O)[C@@H](O)[C@H]1O. The smallest absolute Gasteiger partial charge is 0.336 e. The van der Waals surface area contributed by atoms with Crippen LogP contribution in [0.15, 0.2) is 33.5 Å². The monoisotopic (exact) mass is 542 g/mol. The van der Waals surface area contributed by atoms with Gasteiger partial charge in [0.1, 0.15) is 54.1 Å². The van der Waals surface area contributed by atoms with Crippen molar-refractivity contribution in [2.75, 3.05) is 13.7 Å². The summed E-state index contributed by atoms with van der Waals surface area (Å²) in [6.07, 6.45) is -15.9. The third-order valence-electron chi connectivity index (χ3n) is 6.40. The summed E-state index contributed by atoms with van der Waals surface area (Å²) >= 11 is 0. The molecule has 1 aromatic heterocycles. The minimum Gasteiger partial charge on any atom is -0.493 e. The summed E-state index contributed by atoms with van der Waals surface area (Å²) in [6, 6.07) is 5.61. The topological polar surface area (TPSA) is 215 Å². The van der Waals surface area contributed by atoms with Crippen molar-refractivity contribution in [3.8, 4) is 11.5 Å². The average molecular weight is 542 g/mol. The van der Waals surface area contributed by atoms with Crippen LogP contribution in [0.4, 0.5) is 0 Å². The van der Waals surface area contributed by atoms with Crippen LogP contribution in [0.3, 0.4) is 0 Å². The maximum Gasteiger partial charge on any atom is 0.336 e. The first-order valence-electron chi connectivity index (χ1n) is 11.8. The molecule has 0 radical (unpaired) electrons. The van der Waals surface area contributed by atoms with Gasteiger partial charge in [0.25, 0.3) is 0 Å². The number of ketones is 1. The third kappa shape index (κ3) is 5.83. The summed E-state index contributed by atoms with van der Waals surface area (Å²) in [5.41, 5.74) is -0.447. The van der Waals surface area contributed by atoms with Crippen molar-refractivity contribution in [1.29, 1.82) is 0 Å². The van der Waals surface area contributed by atoms with Crippen molar-refractivity contribution in [2.24, 2.45) is 0 Å². The van der Waals surface area contributed by atoms with E-state index < -0.39 is 73.6 Å². The number of benzene rings is 1. The first kappa shape index (κ1) is 28.4. The van der Waals surface area contributed by atoms with Crippen molar-refractivity contribution >= 4 is 16.8 Å². The highest BCUT2D eigenvalue weighted by Crippen LogP contribution is 2.35. The van der Waals surface area contributed by atoms with E-state index in [1.165, 1.54) is 38.3 Å². The number of fused-ring (bicyclic) bond motifs is 1. The van der Waals surface area contributed by atoms with E-state index in [4.69, 9.17) is 28.1 Å². The summed E-state index contributed by atoms with van der Waals surface area (Å²) < 4.78 is 32.7. The third-order valence-corrected chi connectivity index (χ3v) is 6.40. The lowest BCUT2D eigenvalue weighted by Crippen LogP contribution is -2.62. The van der Waals surface area contributed by atoms with Crippen molar-refractivity contribution in [2.45, 2.75) is 74.8 Å². The van der Waals surface area contributed by atoms with Gasteiger partial charge in [-0.1, -0.05) is 0 Å². The van der Waals surface area contributed by atoms with Gasteiger partial charge in [0.15, 0.2) is 17.8 Å². The predicted molar refractivity (Wildman–Crippen MR) is 124 cm³/mol.